The van der Waals surface area contributed by atoms with Gasteiger partial charge in [0.05, 0.1) is 12.2 Å². The normalized spacial score (nSPS) is 10.7. The highest BCUT2D eigenvalue weighted by Gasteiger charge is 2.23. The molecule has 4 aromatic rings. The first-order valence-electron chi connectivity index (χ1n) is 12.8. The number of ether oxygens (including phenoxy) is 1. The molecular weight excluding hydrogens is 498 g/mol. The van der Waals surface area contributed by atoms with Crippen molar-refractivity contribution in [3.05, 3.63) is 89.5 Å². The van der Waals surface area contributed by atoms with Gasteiger partial charge in [-0.1, -0.05) is 61.9 Å². The highest BCUT2D eigenvalue weighted by atomic mass is 16.5. The first-order chi connectivity index (χ1) is 18.7. The van der Waals surface area contributed by atoms with Crippen LogP contribution in [-0.4, -0.2) is 59.1 Å². The third-order valence-corrected chi connectivity index (χ3v) is 6.22. The fourth-order valence-corrected chi connectivity index (χ4v) is 4.04. The van der Waals surface area contributed by atoms with Gasteiger partial charge in [-0.25, -0.2) is 9.59 Å². The number of carbonyl (C=O) groups excluding carboxylic acids is 1. The van der Waals surface area contributed by atoms with E-state index in [1.165, 1.54) is 0 Å². The third kappa shape index (κ3) is 7.78. The van der Waals surface area contributed by atoms with E-state index in [4.69, 9.17) is 29.0 Å². The summed E-state index contributed by atoms with van der Waals surface area (Å²) in [5, 5.41) is 15.6. The summed E-state index contributed by atoms with van der Waals surface area (Å²) in [5.74, 6) is -2.27. The fraction of sp³-hybridized carbons (Fsp3) is 0.258. The lowest BCUT2D eigenvalue weighted by molar-refractivity contribution is -0.159. The molecule has 2 N–H and O–H groups in total. The molecule has 3 aromatic carbocycles. The molecule has 0 aliphatic rings. The minimum absolute atomic E-state index is 0.0355. The van der Waals surface area contributed by atoms with Crippen LogP contribution in [0.3, 0.4) is 0 Å². The SMILES string of the molecule is CCN(CC)CCCOc1ccc(-c2oc3ccccc3c2C(=O)c2ccc(C)cc2)cc1.O=C(O)C(=O)O. The van der Waals surface area contributed by atoms with Crippen LogP contribution in [0, 0.1) is 6.92 Å². The van der Waals surface area contributed by atoms with E-state index in [0.717, 1.165) is 48.3 Å². The Morgan fingerprint density at radius 2 is 1.46 bits per heavy atom. The van der Waals surface area contributed by atoms with Crippen molar-refractivity contribution in [1.29, 1.82) is 0 Å². The lowest BCUT2D eigenvalue weighted by atomic mass is 9.97. The molecule has 0 fully saturated rings. The van der Waals surface area contributed by atoms with Crippen LogP contribution in [0.2, 0.25) is 0 Å². The summed E-state index contributed by atoms with van der Waals surface area (Å²) in [6.07, 6.45) is 0.988. The number of hydrogen-bond acceptors (Lipinski definition) is 6. The second-order valence-electron chi connectivity index (χ2n) is 8.86. The summed E-state index contributed by atoms with van der Waals surface area (Å²) < 4.78 is 12.1. The summed E-state index contributed by atoms with van der Waals surface area (Å²) in [6.45, 7) is 10.2. The van der Waals surface area contributed by atoms with Gasteiger partial charge < -0.3 is 24.3 Å². The second-order valence-corrected chi connectivity index (χ2v) is 8.86. The standard InChI is InChI=1S/C29H31NO3.C2H2O4/c1-4-30(5-2)19-8-20-32-24-17-15-23(16-18-24)29-27(25-9-6-7-10-26(25)33-29)28(31)22-13-11-21(3)12-14-22;3-1(4)2(5)6/h6-7,9-18H,4-5,8,19-20H2,1-3H3;(H,3,4)(H,5,6). The number of carboxylic acids is 2. The first kappa shape index (κ1) is 29.1. The zero-order valence-electron chi connectivity index (χ0n) is 22.3. The number of rotatable bonds is 10. The van der Waals surface area contributed by atoms with Crippen molar-refractivity contribution in [2.45, 2.75) is 27.2 Å². The quantitative estimate of drug-likeness (QED) is 0.147. The number of benzene rings is 3. The number of furan rings is 1. The Hall–Kier alpha value is -4.43. The summed E-state index contributed by atoms with van der Waals surface area (Å²) in [5.41, 5.74) is 3.94. The van der Waals surface area contributed by atoms with Crippen LogP contribution in [0.1, 0.15) is 41.8 Å². The first-order valence-corrected chi connectivity index (χ1v) is 12.8. The Morgan fingerprint density at radius 3 is 2.05 bits per heavy atom. The largest absolute Gasteiger partial charge is 0.494 e. The van der Waals surface area contributed by atoms with Crippen LogP contribution in [0.5, 0.6) is 5.75 Å². The summed E-state index contributed by atoms with van der Waals surface area (Å²) in [7, 11) is 0. The number of hydrogen-bond donors (Lipinski definition) is 2. The molecule has 0 aliphatic heterocycles. The van der Waals surface area contributed by atoms with E-state index in [1.807, 2.05) is 79.7 Å². The number of ketones is 1. The van der Waals surface area contributed by atoms with Gasteiger partial charge in [-0.15, -0.1) is 0 Å². The molecule has 0 atom stereocenters. The molecule has 0 bridgehead atoms. The fourth-order valence-electron chi connectivity index (χ4n) is 4.04. The summed E-state index contributed by atoms with van der Waals surface area (Å²) >= 11 is 0. The molecule has 0 saturated carbocycles. The Labute approximate surface area is 227 Å². The number of aliphatic carboxylic acids is 2. The Kier molecular flexibility index (Phi) is 10.4. The highest BCUT2D eigenvalue weighted by Crippen LogP contribution is 2.36. The molecule has 0 unspecified atom stereocenters. The van der Waals surface area contributed by atoms with E-state index >= 15 is 0 Å². The minimum atomic E-state index is -1.82. The van der Waals surface area contributed by atoms with Gasteiger partial charge in [0, 0.05) is 23.1 Å². The Bertz CT molecular complexity index is 1390. The molecule has 8 heteroatoms. The smallest absolute Gasteiger partial charge is 0.414 e. The predicted octanol–water partition coefficient (Wildman–Crippen LogP) is 5.91. The molecule has 8 nitrogen and oxygen atoms in total. The molecule has 39 heavy (non-hydrogen) atoms. The third-order valence-electron chi connectivity index (χ3n) is 6.22. The average Bonchev–Trinajstić information content (AvgIpc) is 3.33. The van der Waals surface area contributed by atoms with Crippen LogP contribution >= 0.6 is 0 Å². The zero-order valence-corrected chi connectivity index (χ0v) is 22.3. The Balaban J connectivity index is 0.000000631. The van der Waals surface area contributed by atoms with Gasteiger partial charge in [0.25, 0.3) is 0 Å². The summed E-state index contributed by atoms with van der Waals surface area (Å²) in [4.78, 5) is 34.1. The van der Waals surface area contributed by atoms with E-state index in [9.17, 15) is 4.79 Å². The summed E-state index contributed by atoms with van der Waals surface area (Å²) in [6, 6.07) is 23.2. The van der Waals surface area contributed by atoms with Gasteiger partial charge in [0.15, 0.2) is 5.78 Å². The van der Waals surface area contributed by atoms with Gasteiger partial charge in [0.2, 0.25) is 0 Å². The maximum Gasteiger partial charge on any atom is 0.414 e. The molecular formula is C31H33NO7. The van der Waals surface area contributed by atoms with Crippen LogP contribution in [0.25, 0.3) is 22.3 Å². The number of fused-ring (bicyclic) bond motifs is 1. The van der Waals surface area contributed by atoms with E-state index in [1.54, 1.807) is 0 Å². The Morgan fingerprint density at radius 1 is 0.846 bits per heavy atom. The number of carboxylic acid groups (broad SMARTS) is 2. The zero-order chi connectivity index (χ0) is 28.4. The van der Waals surface area contributed by atoms with Gasteiger partial charge in [-0.2, -0.15) is 0 Å². The second kappa shape index (κ2) is 13.9. The average molecular weight is 532 g/mol. The lowest BCUT2D eigenvalue weighted by Crippen LogP contribution is -2.25. The molecule has 1 aromatic heterocycles. The van der Waals surface area contributed by atoms with Crippen molar-refractivity contribution in [3.63, 3.8) is 0 Å². The van der Waals surface area contributed by atoms with E-state index in [2.05, 4.69) is 18.7 Å². The van der Waals surface area contributed by atoms with Crippen LogP contribution in [0.15, 0.2) is 77.2 Å². The lowest BCUT2D eigenvalue weighted by Gasteiger charge is -2.17. The molecule has 4 rings (SSSR count). The number of carbonyl (C=O) groups is 3. The predicted molar refractivity (Wildman–Crippen MR) is 149 cm³/mol. The molecule has 0 amide bonds. The molecule has 0 radical (unpaired) electrons. The van der Waals surface area contributed by atoms with E-state index in [-0.39, 0.29) is 5.78 Å². The monoisotopic (exact) mass is 531 g/mol. The van der Waals surface area contributed by atoms with Crippen molar-refractivity contribution >= 4 is 28.7 Å². The van der Waals surface area contributed by atoms with Gasteiger partial charge in [0.1, 0.15) is 17.1 Å². The van der Waals surface area contributed by atoms with Crippen molar-refractivity contribution in [2.75, 3.05) is 26.2 Å². The number of aryl methyl sites for hydroxylation is 1. The van der Waals surface area contributed by atoms with Crippen molar-refractivity contribution in [2.24, 2.45) is 0 Å². The molecule has 0 spiro atoms. The number of para-hydroxylation sites is 1. The molecule has 204 valence electrons. The maximum absolute atomic E-state index is 13.5. The molecule has 1 heterocycles. The maximum atomic E-state index is 13.5. The van der Waals surface area contributed by atoms with Crippen molar-refractivity contribution in [3.8, 4) is 17.1 Å². The molecule has 0 saturated heterocycles. The highest BCUT2D eigenvalue weighted by molar-refractivity contribution is 6.27. The van der Waals surface area contributed by atoms with E-state index in [0.29, 0.717) is 29.1 Å². The molecule has 0 aliphatic carbocycles. The van der Waals surface area contributed by atoms with Crippen LogP contribution < -0.4 is 4.74 Å². The van der Waals surface area contributed by atoms with Gasteiger partial charge >= 0.3 is 11.9 Å². The number of nitrogens with zero attached hydrogens (tertiary/aromatic N) is 1. The van der Waals surface area contributed by atoms with Crippen molar-refractivity contribution in [1.82, 2.24) is 4.90 Å². The topological polar surface area (TPSA) is 117 Å². The van der Waals surface area contributed by atoms with Gasteiger partial charge in [-0.05, 0) is 56.8 Å². The van der Waals surface area contributed by atoms with Crippen LogP contribution in [-0.2, 0) is 9.59 Å². The minimum Gasteiger partial charge on any atom is -0.494 e. The van der Waals surface area contributed by atoms with Crippen LogP contribution in [0.4, 0.5) is 0 Å². The van der Waals surface area contributed by atoms with Gasteiger partial charge in [-0.3, -0.25) is 4.79 Å². The van der Waals surface area contributed by atoms with E-state index < -0.39 is 11.9 Å². The van der Waals surface area contributed by atoms with Crippen molar-refractivity contribution < 1.29 is 33.8 Å².